The third-order valence-corrected chi connectivity index (χ3v) is 7.39. The molecule has 1 heterocycles. The molecule has 6 heteroatoms. The fourth-order valence-corrected chi connectivity index (χ4v) is 6.12. The van der Waals surface area contributed by atoms with Crippen LogP contribution in [0.3, 0.4) is 0 Å². The van der Waals surface area contributed by atoms with Gasteiger partial charge in [0, 0.05) is 31.2 Å². The smallest absolute Gasteiger partial charge is 0.282 e. The van der Waals surface area contributed by atoms with Crippen LogP contribution in [0.15, 0.2) is 0 Å². The van der Waals surface area contributed by atoms with E-state index in [2.05, 4.69) is 0 Å². The highest BCUT2D eigenvalue weighted by atomic mass is 32.2. The van der Waals surface area contributed by atoms with Gasteiger partial charge in [-0.25, -0.2) is 0 Å². The molecule has 1 atom stereocenters. The minimum Gasteiger partial charge on any atom is -0.329 e. The maximum absolute atomic E-state index is 13.1. The summed E-state index contributed by atoms with van der Waals surface area (Å²) in [6, 6.07) is 0.110. The molecule has 118 valence electrons. The predicted molar refractivity (Wildman–Crippen MR) is 81.6 cm³/mol. The Morgan fingerprint density at radius 2 is 1.90 bits per heavy atom. The van der Waals surface area contributed by atoms with Crippen molar-refractivity contribution >= 4 is 10.2 Å². The second-order valence-corrected chi connectivity index (χ2v) is 8.07. The van der Waals surface area contributed by atoms with Crippen molar-refractivity contribution in [3.63, 3.8) is 0 Å². The largest absolute Gasteiger partial charge is 0.329 e. The predicted octanol–water partition coefficient (Wildman–Crippen LogP) is 1.70. The maximum atomic E-state index is 13.1. The van der Waals surface area contributed by atoms with Gasteiger partial charge < -0.3 is 5.73 Å². The van der Waals surface area contributed by atoms with Crippen molar-refractivity contribution in [1.29, 1.82) is 0 Å². The minimum atomic E-state index is -3.39. The van der Waals surface area contributed by atoms with Gasteiger partial charge in [0.2, 0.25) is 0 Å². The molecule has 1 saturated carbocycles. The molecule has 20 heavy (non-hydrogen) atoms. The van der Waals surface area contributed by atoms with Gasteiger partial charge >= 0.3 is 0 Å². The Hall–Kier alpha value is -0.170. The van der Waals surface area contributed by atoms with E-state index in [-0.39, 0.29) is 11.6 Å². The number of nitrogens with zero attached hydrogens (tertiary/aromatic N) is 2. The molecular formula is C14H29N3O2S. The monoisotopic (exact) mass is 303 g/mol. The summed E-state index contributed by atoms with van der Waals surface area (Å²) >= 11 is 0. The molecular weight excluding hydrogens is 274 g/mol. The van der Waals surface area contributed by atoms with Gasteiger partial charge in [0.15, 0.2) is 0 Å². The fraction of sp³-hybridized carbons (Fsp3) is 1.00. The Kier molecular flexibility index (Phi) is 5.10. The van der Waals surface area contributed by atoms with Crippen LogP contribution in [0.25, 0.3) is 0 Å². The molecule has 2 rings (SSSR count). The molecule has 2 fully saturated rings. The highest BCUT2D eigenvalue weighted by Crippen LogP contribution is 2.37. The third kappa shape index (κ3) is 2.75. The SMILES string of the molecule is CCN(C1(CN)CCCC1)S(=O)(=O)N1CCCCC1C. The molecule has 0 aromatic rings. The third-order valence-electron chi connectivity index (χ3n) is 5.05. The van der Waals surface area contributed by atoms with Crippen molar-refractivity contribution in [2.75, 3.05) is 19.6 Å². The molecule has 1 aliphatic carbocycles. The van der Waals surface area contributed by atoms with Crippen LogP contribution >= 0.6 is 0 Å². The van der Waals surface area contributed by atoms with Crippen molar-refractivity contribution in [1.82, 2.24) is 8.61 Å². The van der Waals surface area contributed by atoms with E-state index in [0.717, 1.165) is 44.9 Å². The molecule has 0 radical (unpaired) electrons. The number of piperidine rings is 1. The van der Waals surface area contributed by atoms with Gasteiger partial charge in [-0.05, 0) is 32.6 Å². The van der Waals surface area contributed by atoms with Crippen molar-refractivity contribution < 1.29 is 8.42 Å². The van der Waals surface area contributed by atoms with E-state index in [1.54, 1.807) is 8.61 Å². The lowest BCUT2D eigenvalue weighted by molar-refractivity contribution is 0.172. The van der Waals surface area contributed by atoms with Crippen LogP contribution in [-0.2, 0) is 10.2 Å². The second kappa shape index (κ2) is 6.30. The van der Waals surface area contributed by atoms with Crippen LogP contribution in [0.4, 0.5) is 0 Å². The van der Waals surface area contributed by atoms with Crippen molar-refractivity contribution in [3.8, 4) is 0 Å². The van der Waals surface area contributed by atoms with Gasteiger partial charge in [-0.1, -0.05) is 26.2 Å². The summed E-state index contributed by atoms with van der Waals surface area (Å²) in [6.45, 7) is 5.56. The highest BCUT2D eigenvalue weighted by Gasteiger charge is 2.46. The zero-order chi connectivity index (χ0) is 14.8. The van der Waals surface area contributed by atoms with E-state index < -0.39 is 10.2 Å². The standard InChI is InChI=1S/C14H29N3O2S/c1-3-17(14(12-15)9-5-6-10-14)20(18,19)16-11-7-4-8-13(16)2/h13H,3-12,15H2,1-2H3. The molecule has 1 saturated heterocycles. The molecule has 0 bridgehead atoms. The van der Waals surface area contributed by atoms with Crippen LogP contribution < -0.4 is 5.73 Å². The van der Waals surface area contributed by atoms with E-state index in [0.29, 0.717) is 19.6 Å². The summed E-state index contributed by atoms with van der Waals surface area (Å²) in [5, 5.41) is 0. The summed E-state index contributed by atoms with van der Waals surface area (Å²) in [5.74, 6) is 0. The molecule has 0 aromatic heterocycles. The topological polar surface area (TPSA) is 66.6 Å². The average Bonchev–Trinajstić information content (AvgIpc) is 2.89. The molecule has 5 nitrogen and oxygen atoms in total. The summed E-state index contributed by atoms with van der Waals surface area (Å²) in [7, 11) is -3.39. The number of rotatable bonds is 5. The first-order chi connectivity index (χ1) is 9.48. The highest BCUT2D eigenvalue weighted by molar-refractivity contribution is 7.86. The molecule has 2 N–H and O–H groups in total. The first-order valence-electron chi connectivity index (χ1n) is 7.97. The Bertz CT molecular complexity index is 418. The van der Waals surface area contributed by atoms with Gasteiger partial charge in [-0.3, -0.25) is 0 Å². The van der Waals surface area contributed by atoms with Crippen LogP contribution in [0.2, 0.25) is 0 Å². The Morgan fingerprint density at radius 3 is 2.40 bits per heavy atom. The van der Waals surface area contributed by atoms with Crippen LogP contribution in [0, 0.1) is 0 Å². The number of nitrogens with two attached hydrogens (primary N) is 1. The van der Waals surface area contributed by atoms with Crippen molar-refractivity contribution in [2.45, 2.75) is 70.4 Å². The molecule has 1 unspecified atom stereocenters. The van der Waals surface area contributed by atoms with Gasteiger partial charge in [0.1, 0.15) is 0 Å². The summed E-state index contributed by atoms with van der Waals surface area (Å²) < 4.78 is 29.6. The van der Waals surface area contributed by atoms with E-state index in [9.17, 15) is 8.42 Å². The summed E-state index contributed by atoms with van der Waals surface area (Å²) in [5.41, 5.74) is 5.64. The number of hydrogen-bond donors (Lipinski definition) is 1. The van der Waals surface area contributed by atoms with Crippen LogP contribution in [0.1, 0.15) is 58.8 Å². The zero-order valence-electron chi connectivity index (χ0n) is 12.8. The van der Waals surface area contributed by atoms with E-state index >= 15 is 0 Å². The molecule has 0 amide bonds. The Labute approximate surface area is 123 Å². The lowest BCUT2D eigenvalue weighted by atomic mass is 9.98. The normalized spacial score (nSPS) is 28.1. The minimum absolute atomic E-state index is 0.110. The van der Waals surface area contributed by atoms with Gasteiger partial charge in [-0.2, -0.15) is 17.0 Å². The van der Waals surface area contributed by atoms with Gasteiger partial charge in [-0.15, -0.1) is 0 Å². The summed E-state index contributed by atoms with van der Waals surface area (Å²) in [6.07, 6.45) is 7.03. The molecule has 0 spiro atoms. The van der Waals surface area contributed by atoms with Gasteiger partial charge in [0.05, 0.1) is 0 Å². The second-order valence-electron chi connectivity index (χ2n) is 6.26. The van der Waals surface area contributed by atoms with Crippen LogP contribution in [-0.4, -0.2) is 48.2 Å². The lowest BCUT2D eigenvalue weighted by Gasteiger charge is -2.44. The van der Waals surface area contributed by atoms with Gasteiger partial charge in [0.25, 0.3) is 10.2 Å². The lowest BCUT2D eigenvalue weighted by Crippen LogP contribution is -2.60. The quantitative estimate of drug-likeness (QED) is 0.840. The van der Waals surface area contributed by atoms with E-state index in [1.807, 2.05) is 13.8 Å². The fourth-order valence-electron chi connectivity index (χ4n) is 3.87. The molecule has 2 aliphatic rings. The molecule has 0 aromatic carbocycles. The summed E-state index contributed by atoms with van der Waals surface area (Å²) in [4.78, 5) is 0. The molecule has 1 aliphatic heterocycles. The Morgan fingerprint density at radius 1 is 1.25 bits per heavy atom. The number of hydrogen-bond acceptors (Lipinski definition) is 3. The van der Waals surface area contributed by atoms with Crippen molar-refractivity contribution in [3.05, 3.63) is 0 Å². The average molecular weight is 303 g/mol. The van der Waals surface area contributed by atoms with E-state index in [4.69, 9.17) is 5.73 Å². The zero-order valence-corrected chi connectivity index (χ0v) is 13.7. The number of likely N-dealkylation sites (N-methyl/N-ethyl adjacent to an activating group) is 1. The van der Waals surface area contributed by atoms with Crippen molar-refractivity contribution in [2.24, 2.45) is 5.73 Å². The van der Waals surface area contributed by atoms with Crippen LogP contribution in [0.5, 0.6) is 0 Å². The van der Waals surface area contributed by atoms with E-state index in [1.165, 1.54) is 0 Å². The Balaban J connectivity index is 2.29. The maximum Gasteiger partial charge on any atom is 0.282 e. The first kappa shape index (κ1) is 16.2. The first-order valence-corrected chi connectivity index (χ1v) is 9.37.